The van der Waals surface area contributed by atoms with Crippen LogP contribution < -0.4 is 27.0 Å². The Morgan fingerprint density at radius 2 is 1.44 bits per heavy atom. The number of carbonyl (C=O) groups excluding carboxylic acids is 5. The van der Waals surface area contributed by atoms with E-state index in [-0.39, 0.29) is 31.4 Å². The zero-order valence-corrected chi connectivity index (χ0v) is 29.0. The Labute approximate surface area is 300 Å². The Hall–Kier alpha value is -5.79. The molecule has 52 heavy (non-hydrogen) atoms. The molecule has 1 fully saturated rings. The molecule has 4 rings (SSSR count). The third-order valence-electron chi connectivity index (χ3n) is 9.27. The van der Waals surface area contributed by atoms with E-state index in [1.807, 2.05) is 42.5 Å². The Balaban J connectivity index is 1.44. The zero-order valence-electron chi connectivity index (χ0n) is 29.0. The van der Waals surface area contributed by atoms with Gasteiger partial charge < -0.3 is 37.2 Å². The molecule has 0 radical (unpaired) electrons. The second kappa shape index (κ2) is 17.9. The summed E-state index contributed by atoms with van der Waals surface area (Å²) in [7, 11) is 0. The number of rotatable bonds is 17. The van der Waals surface area contributed by atoms with Crippen LogP contribution in [0.5, 0.6) is 0 Å². The monoisotopic (exact) mass is 715 g/mol. The van der Waals surface area contributed by atoms with Crippen molar-refractivity contribution in [1.29, 1.82) is 0 Å². The van der Waals surface area contributed by atoms with E-state index in [1.54, 1.807) is 0 Å². The summed E-state index contributed by atoms with van der Waals surface area (Å²) >= 11 is 0. The molecule has 1 aliphatic rings. The van der Waals surface area contributed by atoms with E-state index in [4.69, 9.17) is 5.73 Å². The minimum atomic E-state index is -1.77. The van der Waals surface area contributed by atoms with Crippen molar-refractivity contribution in [3.05, 3.63) is 83.4 Å². The van der Waals surface area contributed by atoms with Gasteiger partial charge in [0.05, 0.1) is 6.42 Å². The van der Waals surface area contributed by atoms with Crippen LogP contribution in [0.4, 0.5) is 0 Å². The van der Waals surface area contributed by atoms with Crippen LogP contribution in [-0.4, -0.2) is 75.9 Å². The summed E-state index contributed by atoms with van der Waals surface area (Å²) in [4.78, 5) is 88.0. The molecule has 2 atom stereocenters. The number of benzene rings is 3. The third kappa shape index (κ3) is 10.4. The number of hydrogen-bond acceptors (Lipinski definition) is 7. The first-order valence-electron chi connectivity index (χ1n) is 17.3. The van der Waals surface area contributed by atoms with Crippen LogP contribution in [-0.2, 0) is 46.4 Å². The molecule has 0 spiro atoms. The molecule has 0 aliphatic heterocycles. The summed E-state index contributed by atoms with van der Waals surface area (Å²) < 4.78 is 0. The van der Waals surface area contributed by atoms with Gasteiger partial charge in [0.2, 0.25) is 29.5 Å². The van der Waals surface area contributed by atoms with E-state index in [2.05, 4.69) is 21.3 Å². The standard InChI is InChI=1S/C38H45N5O9/c1-23(44)41-29(21-24-14-16-27(17-15-24)32(35(48)49)36(50)51)34(47)43-38(18-5-2-6-19-38)37(52)42-30(22-31(39)45)33(46)40-20-8-12-26-11-7-10-25-9-3-4-13-28(25)26/h3-4,7,9-11,13-17,29-30,32H,2,5-6,8,12,18-22H2,1H3,(H2,39,45)(H,40,46)(H,41,44)(H,42,52)(H,43,47)(H,48,49)(H,50,51)/t29-,30-/m0/s1. The Morgan fingerprint density at radius 3 is 2.08 bits per heavy atom. The van der Waals surface area contributed by atoms with Gasteiger partial charge in [-0.15, -0.1) is 0 Å². The third-order valence-corrected chi connectivity index (χ3v) is 9.27. The minimum Gasteiger partial charge on any atom is -0.480 e. The molecule has 5 amide bonds. The van der Waals surface area contributed by atoms with Gasteiger partial charge in [-0.3, -0.25) is 33.6 Å². The summed E-state index contributed by atoms with van der Waals surface area (Å²) in [5, 5.41) is 31.7. The molecule has 14 nitrogen and oxygen atoms in total. The number of amides is 5. The quantitative estimate of drug-likeness (QED) is 0.0799. The molecule has 1 aliphatic carbocycles. The van der Waals surface area contributed by atoms with Crippen molar-refractivity contribution < 1.29 is 43.8 Å². The minimum absolute atomic E-state index is 0.0291. The highest BCUT2D eigenvalue weighted by atomic mass is 16.4. The number of aliphatic carboxylic acids is 2. The van der Waals surface area contributed by atoms with Gasteiger partial charge in [-0.1, -0.05) is 86.0 Å². The second-order valence-electron chi connectivity index (χ2n) is 13.2. The normalized spacial score (nSPS) is 14.8. The molecule has 3 aromatic carbocycles. The number of primary amides is 1. The van der Waals surface area contributed by atoms with Crippen molar-refractivity contribution in [3.8, 4) is 0 Å². The molecule has 0 heterocycles. The zero-order chi connectivity index (χ0) is 37.8. The maximum Gasteiger partial charge on any atom is 0.322 e. The molecule has 0 bridgehead atoms. The van der Waals surface area contributed by atoms with Crippen LogP contribution in [0.2, 0.25) is 0 Å². The predicted molar refractivity (Wildman–Crippen MR) is 191 cm³/mol. The summed E-state index contributed by atoms with van der Waals surface area (Å²) in [6, 6.07) is 17.2. The largest absolute Gasteiger partial charge is 0.480 e. The summed E-state index contributed by atoms with van der Waals surface area (Å²) in [6.45, 7) is 1.51. The maximum atomic E-state index is 14.0. The Kier molecular flexibility index (Phi) is 13.4. The molecule has 8 N–H and O–H groups in total. The SMILES string of the molecule is CC(=O)N[C@@H](Cc1ccc(C(C(=O)O)C(=O)O)cc1)C(=O)NC1(C(=O)N[C@@H](CC(N)=O)C(=O)NCCCc2cccc3ccccc23)CCCCC1. The molecular formula is C38H45N5O9. The van der Waals surface area contributed by atoms with Crippen LogP contribution in [0.25, 0.3) is 10.8 Å². The first-order valence-corrected chi connectivity index (χ1v) is 17.3. The molecule has 1 saturated carbocycles. The number of nitrogens with two attached hydrogens (primary N) is 1. The lowest BCUT2D eigenvalue weighted by atomic mass is 9.80. The average Bonchev–Trinajstić information content (AvgIpc) is 3.10. The summed E-state index contributed by atoms with van der Waals surface area (Å²) in [6.07, 6.45) is 3.26. The molecule has 14 heteroatoms. The maximum absolute atomic E-state index is 14.0. The Bertz CT molecular complexity index is 1780. The fraction of sp³-hybridized carbons (Fsp3) is 0.395. The van der Waals surface area contributed by atoms with Gasteiger partial charge in [-0.25, -0.2) is 0 Å². The summed E-state index contributed by atoms with van der Waals surface area (Å²) in [5.74, 6) is -8.06. The average molecular weight is 716 g/mol. The van der Waals surface area contributed by atoms with Crippen LogP contribution in [0.3, 0.4) is 0 Å². The van der Waals surface area contributed by atoms with Crippen LogP contribution in [0.1, 0.15) is 74.5 Å². The molecule has 0 unspecified atom stereocenters. The number of carbonyl (C=O) groups is 7. The lowest BCUT2D eigenvalue weighted by molar-refractivity contribution is -0.150. The van der Waals surface area contributed by atoms with Crippen molar-refractivity contribution >= 4 is 52.2 Å². The Morgan fingerprint density at radius 1 is 0.788 bits per heavy atom. The lowest BCUT2D eigenvalue weighted by Gasteiger charge is -2.38. The van der Waals surface area contributed by atoms with Gasteiger partial charge in [-0.05, 0) is 53.1 Å². The van der Waals surface area contributed by atoms with Crippen molar-refractivity contribution in [2.75, 3.05) is 6.54 Å². The van der Waals surface area contributed by atoms with Crippen molar-refractivity contribution in [2.24, 2.45) is 5.73 Å². The fourth-order valence-electron chi connectivity index (χ4n) is 6.65. The number of nitrogens with one attached hydrogen (secondary N) is 4. The molecular weight excluding hydrogens is 670 g/mol. The molecule has 3 aromatic rings. The highest BCUT2D eigenvalue weighted by Crippen LogP contribution is 2.29. The van der Waals surface area contributed by atoms with Gasteiger partial charge in [0.25, 0.3) is 0 Å². The van der Waals surface area contributed by atoms with Crippen LogP contribution in [0.15, 0.2) is 66.7 Å². The van der Waals surface area contributed by atoms with E-state index in [1.165, 1.54) is 31.2 Å². The smallest absolute Gasteiger partial charge is 0.322 e. The number of hydrogen-bond donors (Lipinski definition) is 7. The molecule has 276 valence electrons. The fourth-order valence-corrected chi connectivity index (χ4v) is 6.65. The number of carboxylic acids is 2. The highest BCUT2D eigenvalue weighted by Gasteiger charge is 2.43. The van der Waals surface area contributed by atoms with Gasteiger partial charge in [-0.2, -0.15) is 0 Å². The van der Waals surface area contributed by atoms with Crippen molar-refractivity contribution in [2.45, 2.75) is 88.3 Å². The van der Waals surface area contributed by atoms with Gasteiger partial charge in [0.15, 0.2) is 5.92 Å². The first-order chi connectivity index (χ1) is 24.8. The highest BCUT2D eigenvalue weighted by molar-refractivity contribution is 5.99. The number of carboxylic acid groups (broad SMARTS) is 2. The number of aryl methyl sites for hydroxylation is 1. The molecule has 0 aromatic heterocycles. The first kappa shape index (κ1) is 39.0. The van der Waals surface area contributed by atoms with Crippen molar-refractivity contribution in [1.82, 2.24) is 21.3 Å². The van der Waals surface area contributed by atoms with Crippen LogP contribution in [0, 0.1) is 0 Å². The van der Waals surface area contributed by atoms with E-state index < -0.39 is 71.4 Å². The second-order valence-corrected chi connectivity index (χ2v) is 13.2. The lowest BCUT2D eigenvalue weighted by Crippen LogP contribution is -2.65. The molecule has 0 saturated heterocycles. The van der Waals surface area contributed by atoms with Gasteiger partial charge >= 0.3 is 11.9 Å². The van der Waals surface area contributed by atoms with Gasteiger partial charge in [0, 0.05) is 19.9 Å². The van der Waals surface area contributed by atoms with E-state index >= 15 is 0 Å². The number of fused-ring (bicyclic) bond motifs is 1. The van der Waals surface area contributed by atoms with E-state index in [9.17, 15) is 43.8 Å². The van der Waals surface area contributed by atoms with E-state index in [0.29, 0.717) is 31.2 Å². The van der Waals surface area contributed by atoms with Crippen LogP contribution >= 0.6 is 0 Å². The van der Waals surface area contributed by atoms with E-state index in [0.717, 1.165) is 22.8 Å². The van der Waals surface area contributed by atoms with Crippen molar-refractivity contribution in [3.63, 3.8) is 0 Å². The summed E-state index contributed by atoms with van der Waals surface area (Å²) in [5.41, 5.74) is 5.66. The predicted octanol–water partition coefficient (Wildman–Crippen LogP) is 2.07. The topological polar surface area (TPSA) is 234 Å². The van der Waals surface area contributed by atoms with Gasteiger partial charge in [0.1, 0.15) is 17.6 Å².